The average molecular weight is 902 g/mol. The summed E-state index contributed by atoms with van der Waals surface area (Å²) in [6, 6.07) is 4.65. The first kappa shape index (κ1) is 56.3. The van der Waals surface area contributed by atoms with E-state index in [0.29, 0.717) is 12.4 Å². The molecular formula is C47H75N5O10S. The van der Waals surface area contributed by atoms with E-state index < -0.39 is 96.4 Å². The van der Waals surface area contributed by atoms with E-state index in [0.717, 1.165) is 11.1 Å². The summed E-state index contributed by atoms with van der Waals surface area (Å²) in [4.78, 5) is 99.0. The van der Waals surface area contributed by atoms with Crippen molar-refractivity contribution in [3.8, 4) is 0 Å². The quantitative estimate of drug-likeness (QED) is 0.159. The van der Waals surface area contributed by atoms with Gasteiger partial charge < -0.3 is 40.0 Å². The molecule has 1 aliphatic rings. The molecule has 354 valence electrons. The van der Waals surface area contributed by atoms with Gasteiger partial charge in [-0.15, -0.1) is 11.8 Å². The normalized spacial score (nSPS) is 27.6. The largest absolute Gasteiger partial charge is 0.456 e. The second-order valence-corrected chi connectivity index (χ2v) is 17.6. The highest BCUT2D eigenvalue weighted by Gasteiger charge is 2.37. The van der Waals surface area contributed by atoms with Gasteiger partial charge in [0.2, 0.25) is 23.6 Å². The molecule has 5 amide bonds. The molecule has 63 heavy (non-hydrogen) atoms. The molecule has 0 saturated heterocycles. The van der Waals surface area contributed by atoms with E-state index >= 15 is 0 Å². The fourth-order valence-electron chi connectivity index (χ4n) is 6.91. The number of likely N-dealkylation sites (N-methyl/N-ethyl adjacent to an activating group) is 2. The van der Waals surface area contributed by atoms with Crippen molar-refractivity contribution in [1.82, 2.24) is 25.8 Å². The van der Waals surface area contributed by atoms with Gasteiger partial charge in [0.25, 0.3) is 5.91 Å². The van der Waals surface area contributed by atoms with Crippen LogP contribution in [0.2, 0.25) is 0 Å². The third-order valence-electron chi connectivity index (χ3n) is 11.2. The third kappa shape index (κ3) is 17.4. The Morgan fingerprint density at radius 1 is 0.921 bits per heavy atom. The lowest BCUT2D eigenvalue weighted by Gasteiger charge is -2.33. The molecule has 0 spiro atoms. The van der Waals surface area contributed by atoms with Crippen LogP contribution < -0.4 is 16.0 Å². The lowest BCUT2D eigenvalue weighted by atomic mass is 9.90. The van der Waals surface area contributed by atoms with Crippen molar-refractivity contribution in [2.75, 3.05) is 32.8 Å². The first-order valence-corrected chi connectivity index (χ1v) is 22.8. The van der Waals surface area contributed by atoms with Crippen LogP contribution in [0.5, 0.6) is 0 Å². The number of rotatable bonds is 10. The summed E-state index contributed by atoms with van der Waals surface area (Å²) in [6.07, 6.45) is 3.83. The van der Waals surface area contributed by atoms with Gasteiger partial charge in [-0.05, 0) is 76.7 Å². The van der Waals surface area contributed by atoms with Crippen molar-refractivity contribution in [3.05, 3.63) is 59.2 Å². The maximum atomic E-state index is 14.2. The number of allylic oxidation sites excluding steroid dienone is 1. The van der Waals surface area contributed by atoms with E-state index in [4.69, 9.17) is 14.2 Å². The molecule has 2 rings (SSSR count). The SMILES string of the molecule is C.C/C=C(\C)[C@H]1OC(=O)[C@H](C)NC(=O)[C@H](C(C)CC)NC(=O)CN(C)C(=O)[C@@H](Cc2ccccc2)N(C)C(=O)[C@H](C)NC(=O)[C@@H](CC(C)C)OC(=O)/C(C)=C/C[C@H](OCSC)[C@H]1C. The predicted octanol–water partition coefficient (Wildman–Crippen LogP) is 5.22. The highest BCUT2D eigenvalue weighted by Crippen LogP contribution is 2.26. The van der Waals surface area contributed by atoms with Crippen LogP contribution in [0.4, 0.5) is 0 Å². The second-order valence-electron chi connectivity index (χ2n) is 16.7. The second kappa shape index (κ2) is 27.5. The number of hydrogen-bond acceptors (Lipinski definition) is 11. The molecule has 3 N–H and O–H groups in total. The molecule has 0 aliphatic carbocycles. The van der Waals surface area contributed by atoms with Crippen molar-refractivity contribution in [1.29, 1.82) is 0 Å². The summed E-state index contributed by atoms with van der Waals surface area (Å²) in [5, 5.41) is 8.17. The lowest BCUT2D eigenvalue weighted by Crippen LogP contribution is -2.57. The van der Waals surface area contributed by atoms with Crippen LogP contribution >= 0.6 is 11.8 Å². The number of hydrogen-bond donors (Lipinski definition) is 3. The number of carbonyl (C=O) groups is 7. The maximum Gasteiger partial charge on any atom is 0.334 e. The molecule has 0 saturated carbocycles. The van der Waals surface area contributed by atoms with Gasteiger partial charge in [0.1, 0.15) is 30.3 Å². The van der Waals surface area contributed by atoms with E-state index in [9.17, 15) is 33.6 Å². The van der Waals surface area contributed by atoms with Crippen LogP contribution in [0.3, 0.4) is 0 Å². The first-order chi connectivity index (χ1) is 29.2. The fourth-order valence-corrected chi connectivity index (χ4v) is 7.22. The number of carbonyl (C=O) groups excluding carboxylic acids is 7. The topological polar surface area (TPSA) is 190 Å². The Kier molecular flexibility index (Phi) is 24.6. The van der Waals surface area contributed by atoms with Gasteiger partial charge in [-0.1, -0.05) is 91.0 Å². The number of nitrogens with zero attached hydrogens (tertiary/aromatic N) is 2. The Hall–Kier alpha value is -4.70. The lowest BCUT2D eigenvalue weighted by molar-refractivity contribution is -0.155. The minimum Gasteiger partial charge on any atom is -0.456 e. The highest BCUT2D eigenvalue weighted by atomic mass is 32.2. The van der Waals surface area contributed by atoms with Crippen LogP contribution in [0, 0.1) is 17.8 Å². The van der Waals surface area contributed by atoms with Crippen molar-refractivity contribution in [3.63, 3.8) is 0 Å². The minimum absolute atomic E-state index is 0. The molecule has 9 atom stereocenters. The van der Waals surface area contributed by atoms with Gasteiger partial charge in [0.05, 0.1) is 18.6 Å². The molecule has 0 aromatic heterocycles. The monoisotopic (exact) mass is 902 g/mol. The summed E-state index contributed by atoms with van der Waals surface area (Å²) >= 11 is 1.46. The molecule has 0 fully saturated rings. The average Bonchev–Trinajstić information content (AvgIpc) is 3.24. The van der Waals surface area contributed by atoms with E-state index in [2.05, 4.69) is 16.0 Å². The summed E-state index contributed by atoms with van der Waals surface area (Å²) in [6.45, 7) is 17.1. The Morgan fingerprint density at radius 2 is 1.54 bits per heavy atom. The van der Waals surface area contributed by atoms with Crippen LogP contribution in [0.25, 0.3) is 0 Å². The van der Waals surface area contributed by atoms with Crippen molar-refractivity contribution in [2.24, 2.45) is 17.8 Å². The molecule has 16 heteroatoms. The van der Waals surface area contributed by atoms with Crippen LogP contribution in [-0.2, 0) is 54.2 Å². The molecule has 1 aromatic carbocycles. The van der Waals surface area contributed by atoms with E-state index in [1.54, 1.807) is 32.1 Å². The first-order valence-electron chi connectivity index (χ1n) is 21.4. The number of cyclic esters (lactones) is 2. The maximum absolute atomic E-state index is 14.2. The van der Waals surface area contributed by atoms with Gasteiger partial charge in [-0.3, -0.25) is 24.0 Å². The minimum atomic E-state index is -1.23. The molecule has 15 nitrogen and oxygen atoms in total. The van der Waals surface area contributed by atoms with Gasteiger partial charge in [-0.25, -0.2) is 9.59 Å². The summed E-state index contributed by atoms with van der Waals surface area (Å²) < 4.78 is 18.1. The number of esters is 2. The zero-order valence-electron chi connectivity index (χ0n) is 38.9. The van der Waals surface area contributed by atoms with Gasteiger partial charge >= 0.3 is 11.9 Å². The summed E-state index contributed by atoms with van der Waals surface area (Å²) in [5.74, 6) is -5.02. The molecular weight excluding hydrogens is 827 g/mol. The van der Waals surface area contributed by atoms with Crippen molar-refractivity contribution < 1.29 is 47.8 Å². The van der Waals surface area contributed by atoms with Crippen molar-refractivity contribution >= 4 is 53.2 Å². The molecule has 1 aromatic rings. The molecule has 1 heterocycles. The number of amides is 5. The van der Waals surface area contributed by atoms with E-state index in [-0.39, 0.29) is 44.1 Å². The van der Waals surface area contributed by atoms with E-state index in [1.807, 2.05) is 72.1 Å². The van der Waals surface area contributed by atoms with Crippen LogP contribution in [0.15, 0.2) is 53.6 Å². The zero-order chi connectivity index (χ0) is 46.8. The Bertz CT molecular complexity index is 1750. The van der Waals surface area contributed by atoms with Gasteiger partial charge in [0, 0.05) is 32.0 Å². The Labute approximate surface area is 380 Å². The summed E-state index contributed by atoms with van der Waals surface area (Å²) in [7, 11) is 2.88. The molecule has 0 bridgehead atoms. The molecule has 1 unspecified atom stereocenters. The zero-order valence-corrected chi connectivity index (χ0v) is 39.8. The summed E-state index contributed by atoms with van der Waals surface area (Å²) in [5.41, 5.74) is 1.71. The van der Waals surface area contributed by atoms with Gasteiger partial charge in [0.15, 0.2) is 6.10 Å². The predicted molar refractivity (Wildman–Crippen MR) is 247 cm³/mol. The third-order valence-corrected chi connectivity index (χ3v) is 11.6. The smallest absolute Gasteiger partial charge is 0.334 e. The fraction of sp³-hybridized carbons (Fsp3) is 0.638. The number of benzene rings is 1. The van der Waals surface area contributed by atoms with Crippen LogP contribution in [0.1, 0.15) is 101 Å². The Balaban J connectivity index is 0.0000198. The molecule has 0 radical (unpaired) electrons. The van der Waals surface area contributed by atoms with E-state index in [1.165, 1.54) is 49.5 Å². The number of nitrogens with one attached hydrogen (secondary N) is 3. The molecule has 1 aliphatic heterocycles. The number of ether oxygens (including phenoxy) is 3. The van der Waals surface area contributed by atoms with Crippen molar-refractivity contribution in [2.45, 2.75) is 145 Å². The van der Waals surface area contributed by atoms with Crippen LogP contribution in [-0.4, -0.2) is 127 Å². The van der Waals surface area contributed by atoms with Gasteiger partial charge in [-0.2, -0.15) is 0 Å². The standard InChI is InChI=1S/C46H71N5O10S.CH4/c1-14-28(5)39-42(54)48-33(10)46(58)61-40(29(6)15-2)31(8)36(59-26-62-13)22-21-30(7)45(57)60-37(23-27(3)4)41(53)47-32(9)43(55)51(12)35(24-34-19-17-16-18-20-34)44(56)50(11)25-38(52)49-39;/h15-21,27-28,31-33,35-37,39-40H,14,22-26H2,1-13H3,(H,47,53)(H,48,54)(H,49,52);1H4/b29-15+,30-21+;/t28?,31-,32+,33+,35-,36+,37-,39+,40-;/m1./s1. The highest BCUT2D eigenvalue weighted by molar-refractivity contribution is 7.98. The Morgan fingerprint density at radius 3 is 2.11 bits per heavy atom. The number of thioether (sulfide) groups is 1.